The van der Waals surface area contributed by atoms with Gasteiger partial charge in [0, 0.05) is 23.0 Å². The van der Waals surface area contributed by atoms with Gasteiger partial charge in [-0.05, 0) is 55.8 Å². The van der Waals surface area contributed by atoms with Gasteiger partial charge in [0.2, 0.25) is 11.8 Å². The van der Waals surface area contributed by atoms with E-state index >= 15 is 0 Å². The first kappa shape index (κ1) is 19.0. The van der Waals surface area contributed by atoms with Gasteiger partial charge in [-0.2, -0.15) is 0 Å². The fraction of sp³-hybridized carbons (Fsp3) is 0.471. The third kappa shape index (κ3) is 4.60. The fourth-order valence-corrected chi connectivity index (χ4v) is 4.11. The van der Waals surface area contributed by atoms with Crippen molar-refractivity contribution in [1.82, 2.24) is 4.90 Å². The lowest BCUT2D eigenvalue weighted by molar-refractivity contribution is -0.129. The third-order valence-electron chi connectivity index (χ3n) is 3.37. The first-order valence-corrected chi connectivity index (χ1v) is 9.58. The predicted molar refractivity (Wildman–Crippen MR) is 103 cm³/mol. The van der Waals surface area contributed by atoms with Gasteiger partial charge in [-0.15, -0.1) is 0 Å². The first-order chi connectivity index (χ1) is 11.3. The van der Waals surface area contributed by atoms with E-state index < -0.39 is 5.25 Å². The van der Waals surface area contributed by atoms with Gasteiger partial charge >= 0.3 is 0 Å². The average molecular weight is 412 g/mol. The Morgan fingerprint density at radius 1 is 1.33 bits per heavy atom. The molecule has 1 heterocycles. The Labute approximate surface area is 155 Å². The van der Waals surface area contributed by atoms with Crippen molar-refractivity contribution >= 4 is 50.4 Å². The highest BCUT2D eigenvalue weighted by Gasteiger charge is 2.40. The summed E-state index contributed by atoms with van der Waals surface area (Å²) in [6, 6.07) is 7.54. The largest absolute Gasteiger partial charge is 0.325 e. The molecule has 1 unspecified atom stereocenters. The number of nitrogens with zero attached hydrogens (tertiary/aromatic N) is 2. The van der Waals surface area contributed by atoms with Gasteiger partial charge in [-0.25, -0.2) is 0 Å². The lowest BCUT2D eigenvalue weighted by atomic mass is 10.2. The molecule has 1 saturated heterocycles. The molecule has 1 atom stereocenters. The zero-order chi connectivity index (χ0) is 17.9. The Morgan fingerprint density at radius 2 is 2.00 bits per heavy atom. The van der Waals surface area contributed by atoms with Crippen LogP contribution in [-0.2, 0) is 9.59 Å². The minimum atomic E-state index is -0.424. The summed E-state index contributed by atoms with van der Waals surface area (Å²) in [5.41, 5.74) is 0.703. The molecule has 1 aliphatic heterocycles. The molecule has 1 aliphatic rings. The number of amidine groups is 1. The molecule has 130 valence electrons. The molecule has 0 saturated carbocycles. The van der Waals surface area contributed by atoms with Crippen molar-refractivity contribution in [2.75, 3.05) is 5.32 Å². The number of hydrogen-bond donors (Lipinski definition) is 1. The van der Waals surface area contributed by atoms with Gasteiger partial charge in [0.1, 0.15) is 5.25 Å². The van der Waals surface area contributed by atoms with Crippen LogP contribution in [0, 0.1) is 0 Å². The Balaban J connectivity index is 2.08. The quantitative estimate of drug-likeness (QED) is 0.798. The minimum absolute atomic E-state index is 0.0267. The second-order valence-electron chi connectivity index (χ2n) is 6.15. The van der Waals surface area contributed by atoms with Crippen LogP contribution >= 0.6 is 27.7 Å². The van der Waals surface area contributed by atoms with E-state index in [2.05, 4.69) is 26.2 Å². The minimum Gasteiger partial charge on any atom is -0.325 e. The van der Waals surface area contributed by atoms with Crippen LogP contribution in [0.25, 0.3) is 0 Å². The van der Waals surface area contributed by atoms with Crippen molar-refractivity contribution in [3.8, 4) is 0 Å². The van der Waals surface area contributed by atoms with Gasteiger partial charge in [0.25, 0.3) is 0 Å². The average Bonchev–Trinajstić information content (AvgIpc) is 2.76. The summed E-state index contributed by atoms with van der Waals surface area (Å²) in [7, 11) is 0. The number of amides is 2. The lowest BCUT2D eigenvalue weighted by Crippen LogP contribution is -2.38. The van der Waals surface area contributed by atoms with Gasteiger partial charge in [-0.1, -0.05) is 23.9 Å². The molecule has 5 nitrogen and oxygen atoms in total. The Hall–Kier alpha value is -1.34. The zero-order valence-electron chi connectivity index (χ0n) is 14.2. The summed E-state index contributed by atoms with van der Waals surface area (Å²) in [6.45, 7) is 7.86. The Kier molecular flexibility index (Phi) is 6.46. The smallest absolute Gasteiger partial charge is 0.242 e. The van der Waals surface area contributed by atoms with Crippen molar-refractivity contribution in [2.45, 2.75) is 51.4 Å². The zero-order valence-corrected chi connectivity index (χ0v) is 16.6. The highest BCUT2D eigenvalue weighted by Crippen LogP contribution is 2.32. The van der Waals surface area contributed by atoms with Crippen LogP contribution in [0.15, 0.2) is 33.7 Å². The van der Waals surface area contributed by atoms with Crippen molar-refractivity contribution in [3.63, 3.8) is 0 Å². The maximum Gasteiger partial charge on any atom is 0.242 e. The number of rotatable bonds is 5. The van der Waals surface area contributed by atoms with Gasteiger partial charge in [0.15, 0.2) is 5.17 Å². The second-order valence-corrected chi connectivity index (χ2v) is 8.17. The maximum atomic E-state index is 12.6. The molecule has 1 fully saturated rings. The number of aliphatic imine (C=N–C) groups is 1. The summed E-state index contributed by atoms with van der Waals surface area (Å²) in [6.07, 6.45) is 0.130. The van der Waals surface area contributed by atoms with Crippen LogP contribution in [0.5, 0.6) is 0 Å². The van der Waals surface area contributed by atoms with Crippen LogP contribution in [0.4, 0.5) is 5.69 Å². The van der Waals surface area contributed by atoms with E-state index in [9.17, 15) is 9.59 Å². The number of nitrogens with one attached hydrogen (secondary N) is 1. The monoisotopic (exact) mass is 411 g/mol. The van der Waals surface area contributed by atoms with E-state index in [4.69, 9.17) is 0 Å². The maximum absolute atomic E-state index is 12.6. The number of carbonyl (C=O) groups is 2. The molecule has 2 amide bonds. The molecule has 0 radical (unpaired) electrons. The van der Waals surface area contributed by atoms with Crippen LogP contribution in [0.1, 0.15) is 34.1 Å². The van der Waals surface area contributed by atoms with Crippen molar-refractivity contribution in [1.29, 1.82) is 0 Å². The molecule has 0 bridgehead atoms. The van der Waals surface area contributed by atoms with E-state index in [-0.39, 0.29) is 30.3 Å². The molecule has 7 heteroatoms. The SMILES string of the molecule is CC(C)N=C1SC(CC(=O)Nc2ccccc2Br)C(=O)N1C(C)C. The molecule has 24 heavy (non-hydrogen) atoms. The molecule has 1 N–H and O–H groups in total. The number of thioether (sulfide) groups is 1. The fourth-order valence-electron chi connectivity index (χ4n) is 2.33. The van der Waals surface area contributed by atoms with Crippen LogP contribution < -0.4 is 5.32 Å². The summed E-state index contributed by atoms with van der Waals surface area (Å²) < 4.78 is 0.814. The van der Waals surface area contributed by atoms with E-state index in [1.165, 1.54) is 11.8 Å². The summed E-state index contributed by atoms with van der Waals surface area (Å²) in [5, 5.41) is 3.14. The predicted octanol–water partition coefficient (Wildman–Crippen LogP) is 3.89. The Morgan fingerprint density at radius 3 is 2.58 bits per heavy atom. The van der Waals surface area contributed by atoms with Crippen LogP contribution in [0.3, 0.4) is 0 Å². The number of benzene rings is 1. The van der Waals surface area contributed by atoms with Gasteiger partial charge in [-0.3, -0.25) is 19.5 Å². The highest BCUT2D eigenvalue weighted by molar-refractivity contribution is 9.10. The standard InChI is InChI=1S/C17H22BrN3O2S/c1-10(2)19-17-21(11(3)4)16(23)14(24-17)9-15(22)20-13-8-6-5-7-12(13)18/h5-8,10-11,14H,9H2,1-4H3,(H,20,22). The number of anilines is 1. The van der Waals surface area contributed by atoms with E-state index in [0.29, 0.717) is 10.9 Å². The third-order valence-corrected chi connectivity index (χ3v) is 5.23. The van der Waals surface area contributed by atoms with E-state index in [0.717, 1.165) is 4.47 Å². The van der Waals surface area contributed by atoms with Crippen molar-refractivity contribution in [3.05, 3.63) is 28.7 Å². The first-order valence-electron chi connectivity index (χ1n) is 7.91. The number of para-hydroxylation sites is 1. The topological polar surface area (TPSA) is 61.8 Å². The Bertz CT molecular complexity index is 661. The van der Waals surface area contributed by atoms with Gasteiger partial charge < -0.3 is 5.32 Å². The number of halogens is 1. The molecular weight excluding hydrogens is 390 g/mol. The normalized spacial score (nSPS) is 19.6. The van der Waals surface area contributed by atoms with Crippen LogP contribution in [-0.4, -0.2) is 39.2 Å². The summed E-state index contributed by atoms with van der Waals surface area (Å²) in [5.74, 6) is -0.223. The summed E-state index contributed by atoms with van der Waals surface area (Å²) >= 11 is 4.78. The van der Waals surface area contributed by atoms with E-state index in [1.54, 1.807) is 4.90 Å². The second kappa shape index (κ2) is 8.16. The van der Waals surface area contributed by atoms with Crippen LogP contribution in [0.2, 0.25) is 0 Å². The molecule has 0 aromatic heterocycles. The molecular formula is C17H22BrN3O2S. The number of carbonyl (C=O) groups excluding carboxylic acids is 2. The molecule has 0 spiro atoms. The van der Waals surface area contributed by atoms with Crippen molar-refractivity contribution < 1.29 is 9.59 Å². The summed E-state index contributed by atoms with van der Waals surface area (Å²) in [4.78, 5) is 31.2. The van der Waals surface area contributed by atoms with Crippen molar-refractivity contribution in [2.24, 2.45) is 4.99 Å². The lowest BCUT2D eigenvalue weighted by Gasteiger charge is -2.21. The van der Waals surface area contributed by atoms with E-state index in [1.807, 2.05) is 52.0 Å². The highest BCUT2D eigenvalue weighted by atomic mass is 79.9. The molecule has 2 rings (SSSR count). The molecule has 1 aromatic rings. The van der Waals surface area contributed by atoms with Gasteiger partial charge in [0.05, 0.1) is 5.69 Å². The molecule has 1 aromatic carbocycles. The number of hydrogen-bond acceptors (Lipinski definition) is 4. The molecule has 0 aliphatic carbocycles.